The van der Waals surface area contributed by atoms with E-state index in [9.17, 15) is 17.6 Å². The number of aryl methyl sites for hydroxylation is 2. The molecule has 2 aromatic carbocycles. The molecule has 0 saturated carbocycles. The van der Waals surface area contributed by atoms with Crippen LogP contribution in [0.15, 0.2) is 61.1 Å². The van der Waals surface area contributed by atoms with Crippen LogP contribution in [0.5, 0.6) is 5.88 Å². The van der Waals surface area contributed by atoms with Crippen molar-refractivity contribution in [1.82, 2.24) is 24.1 Å². The van der Waals surface area contributed by atoms with Crippen molar-refractivity contribution < 1.29 is 22.3 Å². The number of ether oxygens (including phenoxy) is 1. The Morgan fingerprint density at radius 1 is 0.971 bits per heavy atom. The smallest absolute Gasteiger partial charge is 0.416 e. The van der Waals surface area contributed by atoms with Crippen LogP contribution in [0.25, 0.3) is 39.4 Å². The summed E-state index contributed by atoms with van der Waals surface area (Å²) in [6.07, 6.45) is -1.10. The number of hydrogen-bond acceptors (Lipinski definition) is 4. The summed E-state index contributed by atoms with van der Waals surface area (Å²) in [5.41, 5.74) is 2.61. The number of methoxy groups -OCH3 is 1. The molecule has 178 valence electrons. The van der Waals surface area contributed by atoms with Crippen molar-refractivity contribution in [2.24, 2.45) is 7.05 Å². The number of fused-ring (bicyclic) bond motifs is 1. The molecule has 0 saturated heterocycles. The fourth-order valence-corrected chi connectivity index (χ4v) is 4.02. The van der Waals surface area contributed by atoms with Crippen molar-refractivity contribution in [3.63, 3.8) is 0 Å². The standard InChI is InChI=1S/C25H19F4N5O/c1-14-12-34(13-30-14)21-10-9-19(31-24(21)35-3)16-5-4-6-20-22(16)32-23(33(20)2)17-11-15(25(27,28)29)7-8-18(17)26/h4-13H,1-3H3. The van der Waals surface area contributed by atoms with Gasteiger partial charge >= 0.3 is 6.18 Å². The highest BCUT2D eigenvalue weighted by atomic mass is 19.4. The maximum Gasteiger partial charge on any atom is 0.416 e. The zero-order chi connectivity index (χ0) is 24.9. The van der Waals surface area contributed by atoms with Gasteiger partial charge < -0.3 is 13.9 Å². The third kappa shape index (κ3) is 3.90. The number of alkyl halides is 3. The van der Waals surface area contributed by atoms with Crippen LogP contribution in [0.2, 0.25) is 0 Å². The Kier molecular flexibility index (Phi) is 5.31. The number of imidazole rings is 2. The lowest BCUT2D eigenvalue weighted by molar-refractivity contribution is -0.137. The lowest BCUT2D eigenvalue weighted by Gasteiger charge is -2.10. The fourth-order valence-electron chi connectivity index (χ4n) is 4.02. The van der Waals surface area contributed by atoms with E-state index in [-0.39, 0.29) is 11.4 Å². The number of halogens is 4. The molecule has 0 atom stereocenters. The number of para-hydroxylation sites is 1. The van der Waals surface area contributed by atoms with E-state index in [0.717, 1.165) is 17.8 Å². The summed E-state index contributed by atoms with van der Waals surface area (Å²) in [4.78, 5) is 13.4. The maximum absolute atomic E-state index is 14.6. The summed E-state index contributed by atoms with van der Waals surface area (Å²) >= 11 is 0. The normalized spacial score (nSPS) is 11.9. The molecule has 0 spiro atoms. The second kappa shape index (κ2) is 8.23. The molecule has 5 rings (SSSR count). The molecule has 0 radical (unpaired) electrons. The van der Waals surface area contributed by atoms with Gasteiger partial charge in [0.05, 0.1) is 47.0 Å². The van der Waals surface area contributed by atoms with E-state index >= 15 is 0 Å². The molecule has 0 aliphatic heterocycles. The van der Waals surface area contributed by atoms with Gasteiger partial charge in [0.2, 0.25) is 5.88 Å². The number of hydrogen-bond donors (Lipinski definition) is 0. The van der Waals surface area contributed by atoms with Gasteiger partial charge in [-0.25, -0.2) is 19.3 Å². The lowest BCUT2D eigenvalue weighted by atomic mass is 10.1. The molecule has 0 N–H and O–H groups in total. The van der Waals surface area contributed by atoms with Crippen molar-refractivity contribution in [2.75, 3.05) is 7.11 Å². The molecular weight excluding hydrogens is 462 g/mol. The molecule has 0 aliphatic rings. The number of aromatic nitrogens is 5. The van der Waals surface area contributed by atoms with Crippen molar-refractivity contribution in [3.8, 4) is 34.2 Å². The SMILES string of the molecule is COc1nc(-c2cccc3c2nc(-c2cc(C(F)(F)F)ccc2F)n3C)ccc1-n1cnc(C)c1. The summed E-state index contributed by atoms with van der Waals surface area (Å²) in [6, 6.07) is 11.3. The summed E-state index contributed by atoms with van der Waals surface area (Å²) in [6.45, 7) is 1.87. The third-order valence-corrected chi connectivity index (χ3v) is 5.75. The maximum atomic E-state index is 14.6. The molecule has 35 heavy (non-hydrogen) atoms. The highest BCUT2D eigenvalue weighted by Gasteiger charge is 2.32. The van der Waals surface area contributed by atoms with Gasteiger partial charge in [0.15, 0.2) is 0 Å². The molecule has 3 heterocycles. The van der Waals surface area contributed by atoms with Gasteiger partial charge in [-0.05, 0) is 43.3 Å². The minimum Gasteiger partial charge on any atom is -0.479 e. The minimum absolute atomic E-state index is 0.0773. The van der Waals surface area contributed by atoms with Crippen molar-refractivity contribution >= 4 is 11.0 Å². The van der Waals surface area contributed by atoms with Crippen LogP contribution < -0.4 is 4.74 Å². The Labute approximate surface area is 197 Å². The fraction of sp³-hybridized carbons (Fsp3) is 0.160. The Balaban J connectivity index is 1.66. The predicted octanol–water partition coefficient (Wildman–Crippen LogP) is 5.96. The molecule has 6 nitrogen and oxygen atoms in total. The van der Waals surface area contributed by atoms with E-state index in [0.29, 0.717) is 39.9 Å². The summed E-state index contributed by atoms with van der Waals surface area (Å²) in [5.74, 6) is -0.358. The monoisotopic (exact) mass is 481 g/mol. The Morgan fingerprint density at radius 2 is 1.77 bits per heavy atom. The van der Waals surface area contributed by atoms with Crippen LogP contribution in [-0.4, -0.2) is 31.2 Å². The Hall–Kier alpha value is -4.21. The van der Waals surface area contributed by atoms with E-state index in [1.54, 1.807) is 46.8 Å². The van der Waals surface area contributed by atoms with E-state index in [4.69, 9.17) is 4.74 Å². The Bertz CT molecular complexity index is 1570. The second-order valence-corrected chi connectivity index (χ2v) is 8.01. The van der Waals surface area contributed by atoms with E-state index in [2.05, 4.69) is 15.0 Å². The van der Waals surface area contributed by atoms with Crippen LogP contribution in [0.3, 0.4) is 0 Å². The van der Waals surface area contributed by atoms with Crippen LogP contribution in [-0.2, 0) is 13.2 Å². The number of nitrogens with zero attached hydrogens (tertiary/aromatic N) is 5. The summed E-state index contributed by atoms with van der Waals surface area (Å²) in [5, 5.41) is 0. The van der Waals surface area contributed by atoms with E-state index < -0.39 is 17.6 Å². The lowest BCUT2D eigenvalue weighted by Crippen LogP contribution is -2.06. The van der Waals surface area contributed by atoms with Gasteiger partial charge in [0.1, 0.15) is 17.3 Å². The van der Waals surface area contributed by atoms with Crippen LogP contribution in [0, 0.1) is 12.7 Å². The van der Waals surface area contributed by atoms with E-state index in [1.165, 1.54) is 7.11 Å². The van der Waals surface area contributed by atoms with Gasteiger partial charge in [0, 0.05) is 18.8 Å². The molecule has 3 aromatic heterocycles. The average molecular weight is 481 g/mol. The summed E-state index contributed by atoms with van der Waals surface area (Å²) < 4.78 is 63.3. The zero-order valence-corrected chi connectivity index (χ0v) is 18.9. The first-order valence-corrected chi connectivity index (χ1v) is 10.6. The predicted molar refractivity (Wildman–Crippen MR) is 123 cm³/mol. The average Bonchev–Trinajstić information content (AvgIpc) is 3.41. The van der Waals surface area contributed by atoms with Crippen molar-refractivity contribution in [2.45, 2.75) is 13.1 Å². The molecule has 10 heteroatoms. The minimum atomic E-state index is -4.60. The van der Waals surface area contributed by atoms with Crippen molar-refractivity contribution in [3.05, 3.63) is 78.1 Å². The van der Waals surface area contributed by atoms with E-state index in [1.807, 2.05) is 19.2 Å². The first-order valence-electron chi connectivity index (χ1n) is 10.6. The largest absolute Gasteiger partial charge is 0.479 e. The topological polar surface area (TPSA) is 57.8 Å². The van der Waals surface area contributed by atoms with Gasteiger partial charge in [0.25, 0.3) is 0 Å². The first-order chi connectivity index (χ1) is 16.7. The first kappa shape index (κ1) is 22.6. The third-order valence-electron chi connectivity index (χ3n) is 5.75. The number of benzene rings is 2. The van der Waals surface area contributed by atoms with Crippen molar-refractivity contribution in [1.29, 1.82) is 0 Å². The van der Waals surface area contributed by atoms with Crippen LogP contribution in [0.1, 0.15) is 11.3 Å². The molecule has 0 aliphatic carbocycles. The zero-order valence-electron chi connectivity index (χ0n) is 18.9. The highest BCUT2D eigenvalue weighted by molar-refractivity contribution is 5.93. The summed E-state index contributed by atoms with van der Waals surface area (Å²) in [7, 11) is 3.14. The number of pyridine rings is 1. The van der Waals surface area contributed by atoms with Gasteiger partial charge in [-0.1, -0.05) is 12.1 Å². The molecular formula is C25H19F4N5O. The molecule has 0 fully saturated rings. The quantitative estimate of drug-likeness (QED) is 0.297. The van der Waals surface area contributed by atoms with Crippen LogP contribution in [0.4, 0.5) is 17.6 Å². The highest BCUT2D eigenvalue weighted by Crippen LogP contribution is 2.36. The number of rotatable bonds is 4. The molecule has 0 unspecified atom stereocenters. The second-order valence-electron chi connectivity index (χ2n) is 8.01. The Morgan fingerprint density at radius 3 is 2.46 bits per heavy atom. The van der Waals surface area contributed by atoms with Gasteiger partial charge in [-0.2, -0.15) is 13.2 Å². The van der Waals surface area contributed by atoms with Gasteiger partial charge in [-0.15, -0.1) is 0 Å². The molecule has 0 bridgehead atoms. The van der Waals surface area contributed by atoms with Gasteiger partial charge in [-0.3, -0.25) is 0 Å². The van der Waals surface area contributed by atoms with Crippen LogP contribution >= 0.6 is 0 Å². The molecule has 0 amide bonds. The molecule has 5 aromatic rings.